The van der Waals surface area contributed by atoms with Crippen molar-refractivity contribution >= 4 is 0 Å². The van der Waals surface area contributed by atoms with Crippen LogP contribution in [-0.2, 0) is 0 Å². The summed E-state index contributed by atoms with van der Waals surface area (Å²) in [6.07, 6.45) is 13.9. The molecule has 1 nitrogen and oxygen atoms in total. The molecule has 0 atom stereocenters. The molecule has 0 N–H and O–H groups in total. The molecule has 0 aromatic heterocycles. The molecule has 1 aliphatic carbocycles. The molecule has 86 valence electrons. The van der Waals surface area contributed by atoms with Gasteiger partial charge in [0, 0.05) is 0 Å². The van der Waals surface area contributed by atoms with Crippen LogP contribution in [0.4, 0.5) is 0 Å². The molecule has 0 aliphatic heterocycles. The largest absolute Gasteiger partial charge is 0.198 e. The van der Waals surface area contributed by atoms with E-state index in [1.165, 1.54) is 51.4 Å². The average Bonchev–Trinajstić information content (AvgIpc) is 2.51. The summed E-state index contributed by atoms with van der Waals surface area (Å²) in [5.74, 6) is 0. The molecule has 0 unspecified atom stereocenters. The van der Waals surface area contributed by atoms with Gasteiger partial charge in [0.1, 0.15) is 0 Å². The highest BCUT2D eigenvalue weighted by atomic mass is 14.4. The number of unbranched alkanes of at least 4 members (excludes halogenated alkanes) is 3. The predicted molar refractivity (Wildman–Crippen MR) is 64.5 cm³/mol. The number of hydrogen-bond donors (Lipinski definition) is 0. The lowest BCUT2D eigenvalue weighted by atomic mass is 9.77. The molecule has 0 amide bonds. The summed E-state index contributed by atoms with van der Waals surface area (Å²) in [4.78, 5) is 0. The van der Waals surface area contributed by atoms with E-state index in [1.54, 1.807) is 0 Å². The second-order valence-electron chi connectivity index (χ2n) is 5.12. The summed E-state index contributed by atoms with van der Waals surface area (Å²) in [6.45, 7) is 2.24. The van der Waals surface area contributed by atoms with Gasteiger partial charge >= 0.3 is 0 Å². The normalized spacial score (nSPS) is 20.5. The van der Waals surface area contributed by atoms with E-state index in [-0.39, 0.29) is 5.41 Å². The number of rotatable bonds is 5. The van der Waals surface area contributed by atoms with Crippen molar-refractivity contribution in [1.29, 1.82) is 5.26 Å². The van der Waals surface area contributed by atoms with Crippen LogP contribution in [0.15, 0.2) is 0 Å². The average molecular weight is 207 g/mol. The molecule has 1 heteroatoms. The van der Waals surface area contributed by atoms with E-state index in [1.807, 2.05) is 0 Å². The van der Waals surface area contributed by atoms with Gasteiger partial charge in [0.05, 0.1) is 11.5 Å². The van der Waals surface area contributed by atoms with Crippen molar-refractivity contribution in [2.45, 2.75) is 77.6 Å². The molecule has 15 heavy (non-hydrogen) atoms. The van der Waals surface area contributed by atoms with E-state index in [0.717, 1.165) is 19.3 Å². The molecule has 0 bridgehead atoms. The quantitative estimate of drug-likeness (QED) is 0.468. The first-order valence-electron chi connectivity index (χ1n) is 6.74. The van der Waals surface area contributed by atoms with Crippen LogP contribution in [0.3, 0.4) is 0 Å². The zero-order valence-corrected chi connectivity index (χ0v) is 10.2. The van der Waals surface area contributed by atoms with E-state index in [9.17, 15) is 5.26 Å². The monoisotopic (exact) mass is 207 g/mol. The highest BCUT2D eigenvalue weighted by molar-refractivity contribution is 4.99. The smallest absolute Gasteiger partial charge is 0.0689 e. The zero-order chi connectivity index (χ0) is 11.0. The Morgan fingerprint density at radius 2 is 1.67 bits per heavy atom. The van der Waals surface area contributed by atoms with Gasteiger partial charge in [0.15, 0.2) is 0 Å². The fourth-order valence-electron chi connectivity index (χ4n) is 2.71. The third-order valence-electron chi connectivity index (χ3n) is 3.81. The van der Waals surface area contributed by atoms with E-state index in [0.29, 0.717) is 0 Å². The van der Waals surface area contributed by atoms with Crippen molar-refractivity contribution in [2.75, 3.05) is 0 Å². The van der Waals surface area contributed by atoms with E-state index in [4.69, 9.17) is 0 Å². The Labute approximate surface area is 94.9 Å². The van der Waals surface area contributed by atoms with Crippen molar-refractivity contribution in [3.05, 3.63) is 0 Å². The van der Waals surface area contributed by atoms with Crippen LogP contribution in [0.5, 0.6) is 0 Å². The van der Waals surface area contributed by atoms with E-state index < -0.39 is 0 Å². The summed E-state index contributed by atoms with van der Waals surface area (Å²) >= 11 is 0. The molecular weight excluding hydrogens is 182 g/mol. The van der Waals surface area contributed by atoms with Crippen LogP contribution in [-0.4, -0.2) is 0 Å². The second-order valence-corrected chi connectivity index (χ2v) is 5.12. The minimum absolute atomic E-state index is 0.0598. The number of nitriles is 1. The van der Waals surface area contributed by atoms with Crippen molar-refractivity contribution in [3.63, 3.8) is 0 Å². The minimum Gasteiger partial charge on any atom is -0.198 e. The Balaban J connectivity index is 2.34. The maximum absolute atomic E-state index is 9.37. The van der Waals surface area contributed by atoms with Crippen molar-refractivity contribution in [3.8, 4) is 6.07 Å². The molecule has 1 aliphatic rings. The summed E-state index contributed by atoms with van der Waals surface area (Å²) in [7, 11) is 0. The van der Waals surface area contributed by atoms with Gasteiger partial charge in [-0.2, -0.15) is 5.26 Å². The van der Waals surface area contributed by atoms with Gasteiger partial charge in [0.2, 0.25) is 0 Å². The van der Waals surface area contributed by atoms with Crippen LogP contribution < -0.4 is 0 Å². The summed E-state index contributed by atoms with van der Waals surface area (Å²) in [6, 6.07) is 2.63. The summed E-state index contributed by atoms with van der Waals surface area (Å²) < 4.78 is 0. The molecule has 1 saturated carbocycles. The lowest BCUT2D eigenvalue weighted by molar-refractivity contribution is 0.302. The lowest BCUT2D eigenvalue weighted by Gasteiger charge is -2.24. The molecule has 0 radical (unpaired) electrons. The highest BCUT2D eigenvalue weighted by Gasteiger charge is 2.29. The van der Waals surface area contributed by atoms with Gasteiger partial charge in [-0.25, -0.2) is 0 Å². The molecule has 0 aromatic carbocycles. The van der Waals surface area contributed by atoms with Crippen molar-refractivity contribution in [2.24, 2.45) is 5.41 Å². The first kappa shape index (κ1) is 12.6. The molecule has 1 fully saturated rings. The van der Waals surface area contributed by atoms with Gasteiger partial charge in [-0.1, -0.05) is 58.3 Å². The maximum atomic E-state index is 9.37. The van der Waals surface area contributed by atoms with Crippen LogP contribution in [0.25, 0.3) is 0 Å². The molecule has 0 spiro atoms. The standard InChI is InChI=1S/C14H25N/c1-2-3-4-7-10-14(13-15)11-8-5-6-9-12-14/h2-12H2,1H3. The van der Waals surface area contributed by atoms with Crippen LogP contribution in [0.1, 0.15) is 77.6 Å². The van der Waals surface area contributed by atoms with E-state index >= 15 is 0 Å². The SMILES string of the molecule is CCCCCCC1(C#N)CCCCCC1. The Hall–Kier alpha value is -0.510. The molecule has 1 rings (SSSR count). The Bertz CT molecular complexity index is 194. The maximum Gasteiger partial charge on any atom is 0.0689 e. The van der Waals surface area contributed by atoms with Gasteiger partial charge in [-0.3, -0.25) is 0 Å². The third-order valence-corrected chi connectivity index (χ3v) is 3.81. The first-order chi connectivity index (χ1) is 7.33. The third kappa shape index (κ3) is 4.24. The Morgan fingerprint density at radius 3 is 2.20 bits per heavy atom. The summed E-state index contributed by atoms with van der Waals surface area (Å²) in [5, 5.41) is 9.37. The number of hydrogen-bond acceptors (Lipinski definition) is 1. The van der Waals surface area contributed by atoms with Crippen molar-refractivity contribution in [1.82, 2.24) is 0 Å². The second kappa shape index (κ2) is 6.88. The van der Waals surface area contributed by atoms with Gasteiger partial charge in [-0.15, -0.1) is 0 Å². The van der Waals surface area contributed by atoms with Gasteiger partial charge in [-0.05, 0) is 19.3 Å². The van der Waals surface area contributed by atoms with Gasteiger partial charge < -0.3 is 0 Å². The lowest BCUT2D eigenvalue weighted by Crippen LogP contribution is -2.17. The summed E-state index contributed by atoms with van der Waals surface area (Å²) in [5.41, 5.74) is 0.0598. The fraction of sp³-hybridized carbons (Fsp3) is 0.929. The molecular formula is C14H25N. The predicted octanol–water partition coefficient (Wildman–Crippen LogP) is 4.82. The Kier molecular flexibility index (Phi) is 5.76. The molecule has 0 saturated heterocycles. The molecule has 0 heterocycles. The van der Waals surface area contributed by atoms with Crippen LogP contribution in [0.2, 0.25) is 0 Å². The number of nitrogens with zero attached hydrogens (tertiary/aromatic N) is 1. The molecule has 0 aromatic rings. The minimum atomic E-state index is 0.0598. The Morgan fingerprint density at radius 1 is 1.00 bits per heavy atom. The highest BCUT2D eigenvalue weighted by Crippen LogP contribution is 2.38. The van der Waals surface area contributed by atoms with Crippen LogP contribution >= 0.6 is 0 Å². The zero-order valence-electron chi connectivity index (χ0n) is 10.2. The van der Waals surface area contributed by atoms with Gasteiger partial charge in [0.25, 0.3) is 0 Å². The van der Waals surface area contributed by atoms with Crippen molar-refractivity contribution < 1.29 is 0 Å². The topological polar surface area (TPSA) is 23.8 Å². The fourth-order valence-corrected chi connectivity index (χ4v) is 2.71. The first-order valence-corrected chi connectivity index (χ1v) is 6.74. The van der Waals surface area contributed by atoms with E-state index in [2.05, 4.69) is 13.0 Å². The van der Waals surface area contributed by atoms with Crippen LogP contribution in [0, 0.1) is 16.7 Å².